The SMILES string of the molecule is CC(C)(CN)Nc1cc(C(F)(F)F)ccn1. The molecule has 0 aliphatic rings. The van der Waals surface area contributed by atoms with Crippen molar-refractivity contribution in [1.29, 1.82) is 0 Å². The Morgan fingerprint density at radius 2 is 2.00 bits per heavy atom. The number of nitrogens with two attached hydrogens (primary N) is 1. The van der Waals surface area contributed by atoms with Gasteiger partial charge in [-0.25, -0.2) is 4.98 Å². The first-order valence-electron chi connectivity index (χ1n) is 4.76. The highest BCUT2D eigenvalue weighted by atomic mass is 19.4. The second-order valence-electron chi connectivity index (χ2n) is 4.14. The number of alkyl halides is 3. The van der Waals surface area contributed by atoms with E-state index in [-0.39, 0.29) is 5.82 Å². The van der Waals surface area contributed by atoms with Crippen LogP contribution in [0.2, 0.25) is 0 Å². The number of halogens is 3. The van der Waals surface area contributed by atoms with Gasteiger partial charge in [0.05, 0.1) is 5.56 Å². The van der Waals surface area contributed by atoms with Gasteiger partial charge < -0.3 is 11.1 Å². The van der Waals surface area contributed by atoms with E-state index in [1.165, 1.54) is 0 Å². The first kappa shape index (κ1) is 12.8. The van der Waals surface area contributed by atoms with Crippen LogP contribution in [0.3, 0.4) is 0 Å². The summed E-state index contributed by atoms with van der Waals surface area (Å²) in [5.41, 5.74) is 4.25. The molecule has 0 saturated heterocycles. The van der Waals surface area contributed by atoms with E-state index < -0.39 is 17.3 Å². The molecule has 1 rings (SSSR count). The van der Waals surface area contributed by atoms with Crippen LogP contribution in [0.25, 0.3) is 0 Å². The molecule has 16 heavy (non-hydrogen) atoms. The van der Waals surface area contributed by atoms with Crippen LogP contribution in [0.1, 0.15) is 19.4 Å². The second-order valence-corrected chi connectivity index (χ2v) is 4.14. The van der Waals surface area contributed by atoms with Crippen molar-refractivity contribution >= 4 is 5.82 Å². The first-order valence-corrected chi connectivity index (χ1v) is 4.76. The van der Waals surface area contributed by atoms with E-state index in [2.05, 4.69) is 10.3 Å². The maximum atomic E-state index is 12.4. The smallest absolute Gasteiger partial charge is 0.364 e. The predicted molar refractivity (Wildman–Crippen MR) is 56.0 cm³/mol. The van der Waals surface area contributed by atoms with E-state index in [0.717, 1.165) is 18.3 Å². The van der Waals surface area contributed by atoms with Crippen molar-refractivity contribution in [3.05, 3.63) is 23.9 Å². The zero-order valence-corrected chi connectivity index (χ0v) is 9.10. The van der Waals surface area contributed by atoms with Crippen molar-refractivity contribution in [3.8, 4) is 0 Å². The van der Waals surface area contributed by atoms with E-state index in [9.17, 15) is 13.2 Å². The standard InChI is InChI=1S/C10H14F3N3/c1-9(2,6-14)16-8-5-7(3-4-15-8)10(11,12)13/h3-5H,6,14H2,1-2H3,(H,15,16). The predicted octanol–water partition coefficient (Wildman–Crippen LogP) is 2.25. The first-order chi connectivity index (χ1) is 7.24. The van der Waals surface area contributed by atoms with Crippen molar-refractivity contribution in [3.63, 3.8) is 0 Å². The number of aromatic nitrogens is 1. The summed E-state index contributed by atoms with van der Waals surface area (Å²) in [6.45, 7) is 3.87. The van der Waals surface area contributed by atoms with Crippen molar-refractivity contribution in [2.24, 2.45) is 5.73 Å². The monoisotopic (exact) mass is 233 g/mol. The molecule has 6 heteroatoms. The van der Waals surface area contributed by atoms with Crippen molar-refractivity contribution in [2.75, 3.05) is 11.9 Å². The summed E-state index contributed by atoms with van der Waals surface area (Å²) in [6, 6.07) is 1.90. The zero-order chi connectivity index (χ0) is 12.4. The molecule has 0 aliphatic carbocycles. The largest absolute Gasteiger partial charge is 0.416 e. The fourth-order valence-electron chi connectivity index (χ4n) is 1.07. The Morgan fingerprint density at radius 3 is 2.50 bits per heavy atom. The quantitative estimate of drug-likeness (QED) is 0.841. The van der Waals surface area contributed by atoms with Gasteiger partial charge >= 0.3 is 6.18 Å². The molecule has 90 valence electrons. The molecule has 0 aliphatic heterocycles. The Labute approximate surface area is 91.9 Å². The van der Waals surface area contributed by atoms with Crippen molar-refractivity contribution in [1.82, 2.24) is 4.98 Å². The van der Waals surface area contributed by atoms with Gasteiger partial charge in [0.15, 0.2) is 0 Å². The molecule has 3 N–H and O–H groups in total. The highest BCUT2D eigenvalue weighted by molar-refractivity contribution is 5.40. The van der Waals surface area contributed by atoms with Crippen LogP contribution < -0.4 is 11.1 Å². The summed E-state index contributed by atoms with van der Waals surface area (Å²) >= 11 is 0. The summed E-state index contributed by atoms with van der Waals surface area (Å²) in [5, 5.41) is 2.84. The van der Waals surface area contributed by atoms with Crippen molar-refractivity contribution < 1.29 is 13.2 Å². The Morgan fingerprint density at radius 1 is 1.38 bits per heavy atom. The number of anilines is 1. The van der Waals surface area contributed by atoms with Crippen LogP contribution in [0.5, 0.6) is 0 Å². The summed E-state index contributed by atoms with van der Waals surface area (Å²) in [7, 11) is 0. The van der Waals surface area contributed by atoms with E-state index >= 15 is 0 Å². The third-order valence-electron chi connectivity index (χ3n) is 2.06. The summed E-state index contributed by atoms with van der Waals surface area (Å²) in [6.07, 6.45) is -3.23. The fourth-order valence-corrected chi connectivity index (χ4v) is 1.07. The average Bonchev–Trinajstić information content (AvgIpc) is 2.16. The molecule has 0 aromatic carbocycles. The van der Waals surface area contributed by atoms with Gasteiger partial charge in [0.2, 0.25) is 0 Å². The Hall–Kier alpha value is -1.30. The topological polar surface area (TPSA) is 50.9 Å². The molecule has 0 fully saturated rings. The lowest BCUT2D eigenvalue weighted by Crippen LogP contribution is -2.39. The minimum Gasteiger partial charge on any atom is -0.364 e. The highest BCUT2D eigenvalue weighted by Gasteiger charge is 2.31. The van der Waals surface area contributed by atoms with Gasteiger partial charge in [0, 0.05) is 18.3 Å². The number of nitrogens with one attached hydrogen (secondary N) is 1. The minimum absolute atomic E-state index is 0.172. The highest BCUT2D eigenvalue weighted by Crippen LogP contribution is 2.30. The summed E-state index contributed by atoms with van der Waals surface area (Å²) in [4.78, 5) is 3.82. The van der Waals surface area contributed by atoms with Gasteiger partial charge in [-0.15, -0.1) is 0 Å². The second kappa shape index (κ2) is 4.29. The number of hydrogen-bond donors (Lipinski definition) is 2. The van der Waals surface area contributed by atoms with Gasteiger partial charge in [-0.3, -0.25) is 0 Å². The maximum absolute atomic E-state index is 12.4. The molecule has 1 aromatic heterocycles. The van der Waals surface area contributed by atoms with E-state index in [4.69, 9.17) is 5.73 Å². The lowest BCUT2D eigenvalue weighted by atomic mass is 10.1. The van der Waals surface area contributed by atoms with Gasteiger partial charge in [-0.2, -0.15) is 13.2 Å². The molecule has 0 unspecified atom stereocenters. The van der Waals surface area contributed by atoms with Crippen LogP contribution in [0.4, 0.5) is 19.0 Å². The Kier molecular flexibility index (Phi) is 3.42. The third kappa shape index (κ3) is 3.37. The molecule has 3 nitrogen and oxygen atoms in total. The number of rotatable bonds is 3. The molecule has 0 atom stereocenters. The maximum Gasteiger partial charge on any atom is 0.416 e. The van der Waals surface area contributed by atoms with Gasteiger partial charge in [-0.1, -0.05) is 0 Å². The Balaban J connectivity index is 2.92. The molecule has 0 bridgehead atoms. The van der Waals surface area contributed by atoms with E-state index in [1.54, 1.807) is 13.8 Å². The summed E-state index contributed by atoms with van der Waals surface area (Å²) in [5.74, 6) is 0.172. The molecule has 0 radical (unpaired) electrons. The minimum atomic E-state index is -4.35. The normalized spacial score (nSPS) is 12.6. The summed E-state index contributed by atoms with van der Waals surface area (Å²) < 4.78 is 37.2. The number of nitrogens with zero attached hydrogens (tertiary/aromatic N) is 1. The van der Waals surface area contributed by atoms with Gasteiger partial charge in [0.1, 0.15) is 5.82 Å². The molecule has 0 spiro atoms. The van der Waals surface area contributed by atoms with Crippen LogP contribution in [0, 0.1) is 0 Å². The molecule has 1 aromatic rings. The number of pyridine rings is 1. The third-order valence-corrected chi connectivity index (χ3v) is 2.06. The van der Waals surface area contributed by atoms with E-state index in [0.29, 0.717) is 6.54 Å². The average molecular weight is 233 g/mol. The van der Waals surface area contributed by atoms with Crippen LogP contribution in [0.15, 0.2) is 18.3 Å². The fraction of sp³-hybridized carbons (Fsp3) is 0.500. The molecule has 0 saturated carbocycles. The van der Waals surface area contributed by atoms with Crippen LogP contribution >= 0.6 is 0 Å². The molecule has 0 amide bonds. The van der Waals surface area contributed by atoms with Crippen LogP contribution in [-0.2, 0) is 6.18 Å². The lowest BCUT2D eigenvalue weighted by Gasteiger charge is -2.25. The molecule has 1 heterocycles. The lowest BCUT2D eigenvalue weighted by molar-refractivity contribution is -0.137. The van der Waals surface area contributed by atoms with E-state index in [1.807, 2.05) is 0 Å². The number of hydrogen-bond acceptors (Lipinski definition) is 3. The van der Waals surface area contributed by atoms with Crippen LogP contribution in [-0.4, -0.2) is 17.1 Å². The zero-order valence-electron chi connectivity index (χ0n) is 9.10. The molecular weight excluding hydrogens is 219 g/mol. The molecular formula is C10H14F3N3. The van der Waals surface area contributed by atoms with Gasteiger partial charge in [-0.05, 0) is 26.0 Å². The Bertz CT molecular complexity index is 361. The van der Waals surface area contributed by atoms with Gasteiger partial charge in [0.25, 0.3) is 0 Å². The van der Waals surface area contributed by atoms with Crippen molar-refractivity contribution in [2.45, 2.75) is 25.6 Å².